The highest BCUT2D eigenvalue weighted by Gasteiger charge is 2.15. The van der Waals surface area contributed by atoms with Crippen molar-refractivity contribution in [3.8, 4) is 28.8 Å². The van der Waals surface area contributed by atoms with Crippen LogP contribution in [-0.2, 0) is 11.4 Å². The van der Waals surface area contributed by atoms with E-state index in [2.05, 4.69) is 11.9 Å². The summed E-state index contributed by atoms with van der Waals surface area (Å²) in [6.07, 6.45) is 4.83. The molecule has 0 spiro atoms. The molecule has 178 valence electrons. The van der Waals surface area contributed by atoms with Crippen molar-refractivity contribution in [3.63, 3.8) is 0 Å². The van der Waals surface area contributed by atoms with Crippen molar-refractivity contribution in [1.29, 1.82) is 5.26 Å². The third-order valence-electron chi connectivity index (χ3n) is 5.32. The molecule has 1 amide bonds. The Labute approximate surface area is 208 Å². The second kappa shape index (κ2) is 11.4. The summed E-state index contributed by atoms with van der Waals surface area (Å²) in [5.41, 5.74) is 3.20. The first kappa shape index (κ1) is 24.2. The van der Waals surface area contributed by atoms with Gasteiger partial charge in [0.2, 0.25) is 0 Å². The van der Waals surface area contributed by atoms with Crippen LogP contribution < -0.4 is 10.1 Å². The number of ether oxygens (including phenoxy) is 1. The van der Waals surface area contributed by atoms with Crippen LogP contribution in [-0.4, -0.2) is 22.2 Å². The van der Waals surface area contributed by atoms with E-state index in [1.165, 1.54) is 12.1 Å². The zero-order chi connectivity index (χ0) is 25.3. The highest BCUT2D eigenvalue weighted by Crippen LogP contribution is 2.28. The number of carbonyl (C=O) groups excluding carboxylic acids is 1. The van der Waals surface area contributed by atoms with Crippen LogP contribution in [0.4, 0.5) is 4.39 Å². The molecule has 0 aliphatic rings. The lowest BCUT2D eigenvalue weighted by Crippen LogP contribution is -2.24. The quantitative estimate of drug-likeness (QED) is 0.197. The molecule has 3 aromatic carbocycles. The molecule has 4 rings (SSSR count). The van der Waals surface area contributed by atoms with E-state index in [0.29, 0.717) is 22.6 Å². The summed E-state index contributed by atoms with van der Waals surface area (Å²) in [5.74, 6) is -0.238. The van der Waals surface area contributed by atoms with E-state index in [-0.39, 0.29) is 24.5 Å². The molecule has 1 N–H and O–H groups in total. The molecule has 0 unspecified atom stereocenters. The summed E-state index contributed by atoms with van der Waals surface area (Å²) in [6.45, 7) is 3.93. The minimum absolute atomic E-state index is 0.0458. The van der Waals surface area contributed by atoms with Crippen molar-refractivity contribution >= 4 is 12.0 Å². The standard InChI is InChI=1S/C29H23FN4O2/c1-2-16-32-29(35)23(18-31)17-24-19-34(25-9-4-3-5-10-25)33-28(24)21-12-14-26(15-13-21)36-20-22-8-6-7-11-27(22)30/h2-15,17,19H,1,16,20H2,(H,32,35)/b23-17+. The molecule has 6 nitrogen and oxygen atoms in total. The lowest BCUT2D eigenvalue weighted by atomic mass is 10.1. The second-order valence-corrected chi connectivity index (χ2v) is 7.79. The van der Waals surface area contributed by atoms with Gasteiger partial charge in [-0.15, -0.1) is 6.58 Å². The Morgan fingerprint density at radius 3 is 2.50 bits per heavy atom. The molecule has 4 aromatic rings. The first-order valence-electron chi connectivity index (χ1n) is 11.2. The van der Waals surface area contributed by atoms with Crippen molar-refractivity contribution in [3.05, 3.63) is 120 Å². The molecular formula is C29H23FN4O2. The molecule has 0 atom stereocenters. The van der Waals surface area contributed by atoms with E-state index < -0.39 is 5.91 Å². The SMILES string of the molecule is C=CCNC(=O)/C(C#N)=C/c1cn(-c2ccccc2)nc1-c1ccc(OCc2ccccc2F)cc1. The van der Waals surface area contributed by atoms with Gasteiger partial charge in [-0.3, -0.25) is 4.79 Å². The van der Waals surface area contributed by atoms with Crippen LogP contribution in [0.25, 0.3) is 23.0 Å². The van der Waals surface area contributed by atoms with E-state index in [0.717, 1.165) is 11.3 Å². The van der Waals surface area contributed by atoms with E-state index in [1.54, 1.807) is 47.3 Å². The number of rotatable bonds is 9. The topological polar surface area (TPSA) is 79.9 Å². The number of amides is 1. The minimum Gasteiger partial charge on any atom is -0.489 e. The summed E-state index contributed by atoms with van der Waals surface area (Å²) in [5, 5.41) is 16.9. The zero-order valence-corrected chi connectivity index (χ0v) is 19.4. The van der Waals surface area contributed by atoms with Crippen LogP contribution >= 0.6 is 0 Å². The van der Waals surface area contributed by atoms with Crippen molar-refractivity contribution < 1.29 is 13.9 Å². The highest BCUT2D eigenvalue weighted by atomic mass is 19.1. The molecule has 0 fully saturated rings. The average molecular weight is 479 g/mol. The van der Waals surface area contributed by atoms with Gasteiger partial charge < -0.3 is 10.1 Å². The van der Waals surface area contributed by atoms with Crippen LogP contribution in [0, 0.1) is 17.1 Å². The van der Waals surface area contributed by atoms with Crippen molar-refractivity contribution in [2.75, 3.05) is 6.54 Å². The van der Waals surface area contributed by atoms with E-state index >= 15 is 0 Å². The fourth-order valence-corrected chi connectivity index (χ4v) is 3.48. The summed E-state index contributed by atoms with van der Waals surface area (Å²) < 4.78 is 21.3. The van der Waals surface area contributed by atoms with E-state index in [1.807, 2.05) is 48.5 Å². The third kappa shape index (κ3) is 5.75. The molecule has 0 bridgehead atoms. The van der Waals surface area contributed by atoms with Gasteiger partial charge >= 0.3 is 0 Å². The fourth-order valence-electron chi connectivity index (χ4n) is 3.48. The van der Waals surface area contributed by atoms with Crippen molar-refractivity contribution in [2.45, 2.75) is 6.61 Å². The van der Waals surface area contributed by atoms with Gasteiger partial charge in [0.15, 0.2) is 0 Å². The largest absolute Gasteiger partial charge is 0.489 e. The predicted octanol–water partition coefficient (Wildman–Crippen LogP) is 5.47. The first-order chi connectivity index (χ1) is 17.6. The average Bonchev–Trinajstić information content (AvgIpc) is 3.34. The molecule has 1 heterocycles. The van der Waals surface area contributed by atoms with Crippen LogP contribution in [0.1, 0.15) is 11.1 Å². The third-order valence-corrected chi connectivity index (χ3v) is 5.32. The van der Waals surface area contributed by atoms with Crippen molar-refractivity contribution in [2.24, 2.45) is 0 Å². The van der Waals surface area contributed by atoms with Gasteiger partial charge in [-0.05, 0) is 48.5 Å². The Morgan fingerprint density at radius 2 is 1.81 bits per heavy atom. The monoisotopic (exact) mass is 478 g/mol. The smallest absolute Gasteiger partial charge is 0.262 e. The van der Waals surface area contributed by atoms with E-state index in [4.69, 9.17) is 9.84 Å². The normalized spacial score (nSPS) is 10.9. The maximum absolute atomic E-state index is 13.9. The predicted molar refractivity (Wildman–Crippen MR) is 137 cm³/mol. The molecule has 7 heteroatoms. The summed E-state index contributed by atoms with van der Waals surface area (Å²) >= 11 is 0. The fraction of sp³-hybridized carbons (Fsp3) is 0.0690. The zero-order valence-electron chi connectivity index (χ0n) is 19.4. The number of nitrogens with zero attached hydrogens (tertiary/aromatic N) is 3. The van der Waals surface area contributed by atoms with Crippen molar-refractivity contribution in [1.82, 2.24) is 15.1 Å². The molecule has 1 aromatic heterocycles. The van der Waals surface area contributed by atoms with Crippen LogP contribution in [0.3, 0.4) is 0 Å². The number of nitriles is 1. The number of aromatic nitrogens is 2. The molecule has 0 aliphatic carbocycles. The lowest BCUT2D eigenvalue weighted by molar-refractivity contribution is -0.116. The minimum atomic E-state index is -0.493. The van der Waals surface area contributed by atoms with Gasteiger partial charge in [0.25, 0.3) is 5.91 Å². The first-order valence-corrected chi connectivity index (χ1v) is 11.2. The van der Waals surface area contributed by atoms with Gasteiger partial charge in [-0.1, -0.05) is 42.5 Å². The number of hydrogen-bond acceptors (Lipinski definition) is 4. The molecule has 0 saturated carbocycles. The molecular weight excluding hydrogens is 455 g/mol. The summed E-state index contributed by atoms with van der Waals surface area (Å²) in [6, 6.07) is 25.2. The van der Waals surface area contributed by atoms with Crippen LogP contribution in [0.2, 0.25) is 0 Å². The highest BCUT2D eigenvalue weighted by molar-refractivity contribution is 6.02. The molecule has 36 heavy (non-hydrogen) atoms. The Hall–Kier alpha value is -4.96. The number of benzene rings is 3. The lowest BCUT2D eigenvalue weighted by Gasteiger charge is -2.08. The summed E-state index contributed by atoms with van der Waals surface area (Å²) in [7, 11) is 0. The molecule has 0 saturated heterocycles. The van der Waals surface area contributed by atoms with Gasteiger partial charge in [0.1, 0.15) is 29.8 Å². The Kier molecular flexibility index (Phi) is 7.69. The van der Waals surface area contributed by atoms with E-state index in [9.17, 15) is 14.4 Å². The number of carbonyl (C=O) groups is 1. The maximum Gasteiger partial charge on any atom is 0.262 e. The Morgan fingerprint density at radius 1 is 1.08 bits per heavy atom. The Balaban J connectivity index is 1.65. The number of halogens is 1. The maximum atomic E-state index is 13.9. The van der Waals surface area contributed by atoms with Gasteiger partial charge in [-0.25, -0.2) is 9.07 Å². The number of para-hydroxylation sites is 1. The summed E-state index contributed by atoms with van der Waals surface area (Å²) in [4.78, 5) is 12.4. The van der Waals surface area contributed by atoms with Crippen LogP contribution in [0.5, 0.6) is 5.75 Å². The van der Waals surface area contributed by atoms with Gasteiger partial charge in [-0.2, -0.15) is 10.4 Å². The number of nitrogens with one attached hydrogen (secondary N) is 1. The van der Waals surface area contributed by atoms with Gasteiger partial charge in [0, 0.05) is 29.4 Å². The molecule has 0 aliphatic heterocycles. The van der Waals surface area contributed by atoms with Gasteiger partial charge in [0.05, 0.1) is 11.4 Å². The Bertz CT molecular complexity index is 1430. The van der Waals surface area contributed by atoms with Crippen LogP contribution in [0.15, 0.2) is 103 Å². The second-order valence-electron chi connectivity index (χ2n) is 7.79. The number of hydrogen-bond donors (Lipinski definition) is 1. The molecule has 0 radical (unpaired) electrons.